The molecular formula is C15H31BNO2-. The summed E-state index contributed by atoms with van der Waals surface area (Å²) in [7, 11) is 3.68. The van der Waals surface area contributed by atoms with E-state index in [9.17, 15) is 0 Å². The van der Waals surface area contributed by atoms with E-state index in [4.69, 9.17) is 9.31 Å². The van der Waals surface area contributed by atoms with Gasteiger partial charge < -0.3 is 14.1 Å². The lowest BCUT2D eigenvalue weighted by Gasteiger charge is -2.58. The van der Waals surface area contributed by atoms with Gasteiger partial charge in [-0.1, -0.05) is 45.3 Å². The zero-order valence-electron chi connectivity index (χ0n) is 13.6. The molecule has 2 aliphatic heterocycles. The molecule has 0 aromatic heterocycles. The number of nitrogens with zero attached hydrogens (tertiary/aromatic N) is 1. The summed E-state index contributed by atoms with van der Waals surface area (Å²) in [6.07, 6.45) is 5.04. The highest BCUT2D eigenvalue weighted by Gasteiger charge is 2.53. The van der Waals surface area contributed by atoms with Crippen LogP contribution in [0.5, 0.6) is 0 Å². The first-order valence-electron chi connectivity index (χ1n) is 7.94. The summed E-state index contributed by atoms with van der Waals surface area (Å²) in [4.78, 5) is 2.59. The van der Waals surface area contributed by atoms with Crippen LogP contribution >= 0.6 is 0 Å². The SMILES string of the molecule is CO[B-]1(OC)[C@@H](C(C)C)CCC(C)C2(C)CCCN12. The highest BCUT2D eigenvalue weighted by Crippen LogP contribution is 2.51. The molecule has 2 rings (SSSR count). The number of hydrogen-bond acceptors (Lipinski definition) is 3. The van der Waals surface area contributed by atoms with Crippen molar-refractivity contribution in [2.24, 2.45) is 11.8 Å². The lowest BCUT2D eigenvalue weighted by molar-refractivity contribution is 0.0879. The van der Waals surface area contributed by atoms with Crippen molar-refractivity contribution in [1.82, 2.24) is 4.81 Å². The smallest absolute Gasteiger partial charge is 0.320 e. The van der Waals surface area contributed by atoms with Crippen molar-refractivity contribution >= 4 is 6.69 Å². The van der Waals surface area contributed by atoms with Gasteiger partial charge in [0, 0.05) is 0 Å². The molecule has 2 aliphatic rings. The second-order valence-corrected chi connectivity index (χ2v) is 7.24. The van der Waals surface area contributed by atoms with E-state index >= 15 is 0 Å². The van der Waals surface area contributed by atoms with E-state index in [1.807, 2.05) is 14.2 Å². The third-order valence-electron chi connectivity index (χ3n) is 6.24. The molecule has 0 amide bonds. The Kier molecular flexibility index (Phi) is 4.34. The summed E-state index contributed by atoms with van der Waals surface area (Å²) in [5.41, 5.74) is 0.246. The predicted molar refractivity (Wildman–Crippen MR) is 81.1 cm³/mol. The van der Waals surface area contributed by atoms with E-state index in [1.165, 1.54) is 25.7 Å². The van der Waals surface area contributed by atoms with Crippen molar-refractivity contribution in [2.75, 3.05) is 20.8 Å². The van der Waals surface area contributed by atoms with Crippen LogP contribution in [-0.2, 0) is 9.31 Å². The maximum atomic E-state index is 6.08. The van der Waals surface area contributed by atoms with Crippen LogP contribution in [-0.4, -0.2) is 37.8 Å². The third-order valence-corrected chi connectivity index (χ3v) is 6.24. The average Bonchev–Trinajstić information content (AvgIpc) is 2.74. The van der Waals surface area contributed by atoms with Crippen molar-refractivity contribution in [3.05, 3.63) is 0 Å². The Bertz CT molecular complexity index is 319. The quantitative estimate of drug-likeness (QED) is 0.731. The van der Waals surface area contributed by atoms with Crippen LogP contribution in [0.3, 0.4) is 0 Å². The lowest BCUT2D eigenvalue weighted by atomic mass is 9.51. The van der Waals surface area contributed by atoms with Crippen LogP contribution in [0.2, 0.25) is 5.82 Å². The minimum absolute atomic E-state index is 0.246. The molecule has 19 heavy (non-hydrogen) atoms. The fraction of sp³-hybridized carbons (Fsp3) is 1.00. The number of rotatable bonds is 3. The highest BCUT2D eigenvalue weighted by atomic mass is 16.6. The molecule has 4 heteroatoms. The first-order valence-corrected chi connectivity index (χ1v) is 7.94. The molecule has 112 valence electrons. The molecule has 0 aliphatic carbocycles. The molecule has 0 saturated carbocycles. The molecule has 2 unspecified atom stereocenters. The predicted octanol–water partition coefficient (Wildman–Crippen LogP) is 3.53. The van der Waals surface area contributed by atoms with Crippen molar-refractivity contribution in [3.63, 3.8) is 0 Å². The Morgan fingerprint density at radius 1 is 1.21 bits per heavy atom. The fourth-order valence-electron chi connectivity index (χ4n) is 4.84. The molecule has 2 heterocycles. The summed E-state index contributed by atoms with van der Waals surface area (Å²) < 4.78 is 12.2. The largest absolute Gasteiger partial charge is 0.557 e. The second kappa shape index (κ2) is 5.38. The molecular weight excluding hydrogens is 237 g/mol. The molecule has 3 atom stereocenters. The monoisotopic (exact) mass is 268 g/mol. The van der Waals surface area contributed by atoms with Gasteiger partial charge in [-0.25, -0.2) is 0 Å². The van der Waals surface area contributed by atoms with Gasteiger partial charge in [0.25, 0.3) is 0 Å². The summed E-state index contributed by atoms with van der Waals surface area (Å²) in [6.45, 7) is 9.24. The van der Waals surface area contributed by atoms with Gasteiger partial charge in [0.15, 0.2) is 0 Å². The highest BCUT2D eigenvalue weighted by molar-refractivity contribution is 6.66. The van der Waals surface area contributed by atoms with Gasteiger partial charge in [-0.05, 0) is 52.0 Å². The van der Waals surface area contributed by atoms with E-state index in [2.05, 4.69) is 32.5 Å². The van der Waals surface area contributed by atoms with E-state index in [-0.39, 0.29) is 5.54 Å². The minimum Gasteiger partial charge on any atom is -0.557 e. The number of fused-ring (bicyclic) bond motifs is 1. The zero-order chi connectivity index (χ0) is 14.3. The Hall–Kier alpha value is -0.0551. The minimum atomic E-state index is -1.32. The summed E-state index contributed by atoms with van der Waals surface area (Å²) in [5.74, 6) is 1.80. The van der Waals surface area contributed by atoms with Gasteiger partial charge in [-0.3, -0.25) is 0 Å². The first-order chi connectivity index (χ1) is 8.92. The van der Waals surface area contributed by atoms with Gasteiger partial charge in [0.2, 0.25) is 0 Å². The molecule has 0 spiro atoms. The van der Waals surface area contributed by atoms with Crippen molar-refractivity contribution in [1.29, 1.82) is 0 Å². The number of hydrogen-bond donors (Lipinski definition) is 0. The van der Waals surface area contributed by atoms with Crippen LogP contribution in [0.15, 0.2) is 0 Å². The van der Waals surface area contributed by atoms with E-state index in [0.29, 0.717) is 17.7 Å². The van der Waals surface area contributed by atoms with Gasteiger partial charge >= 0.3 is 6.69 Å². The molecule has 0 radical (unpaired) electrons. The van der Waals surface area contributed by atoms with Crippen LogP contribution in [0.4, 0.5) is 0 Å². The average molecular weight is 268 g/mol. The Balaban J connectivity index is 2.47. The van der Waals surface area contributed by atoms with E-state index in [1.54, 1.807) is 0 Å². The van der Waals surface area contributed by atoms with Crippen LogP contribution < -0.4 is 0 Å². The van der Waals surface area contributed by atoms with Crippen LogP contribution in [0.1, 0.15) is 53.4 Å². The maximum absolute atomic E-state index is 6.08. The molecule has 2 fully saturated rings. The Labute approximate surface area is 119 Å². The van der Waals surface area contributed by atoms with E-state index in [0.717, 1.165) is 6.54 Å². The molecule has 2 saturated heterocycles. The normalized spacial score (nSPS) is 39.3. The van der Waals surface area contributed by atoms with Gasteiger partial charge in [0.05, 0.1) is 0 Å². The summed E-state index contributed by atoms with van der Waals surface area (Å²) in [5, 5.41) is 0. The third kappa shape index (κ3) is 2.16. The Morgan fingerprint density at radius 2 is 1.84 bits per heavy atom. The summed E-state index contributed by atoms with van der Waals surface area (Å²) >= 11 is 0. The van der Waals surface area contributed by atoms with Crippen molar-refractivity contribution in [3.8, 4) is 0 Å². The van der Waals surface area contributed by atoms with E-state index < -0.39 is 6.69 Å². The standard InChI is InChI=1S/C15H31BNO2/c1-12(2)14-9-8-13(3)15(4)10-7-11-17(15)16(14,18-5)19-6/h12-14H,7-11H2,1-6H3/q-1/t13?,14-,15?/m1/s1. The fourth-order valence-corrected chi connectivity index (χ4v) is 4.84. The zero-order valence-corrected chi connectivity index (χ0v) is 13.6. The molecule has 0 N–H and O–H groups in total. The molecule has 3 nitrogen and oxygen atoms in total. The van der Waals surface area contributed by atoms with Gasteiger partial charge in [-0.15, -0.1) is 0 Å². The second-order valence-electron chi connectivity index (χ2n) is 7.24. The maximum Gasteiger partial charge on any atom is 0.320 e. The Morgan fingerprint density at radius 3 is 2.37 bits per heavy atom. The lowest BCUT2D eigenvalue weighted by Crippen LogP contribution is -2.66. The first kappa shape index (κ1) is 15.3. The summed E-state index contributed by atoms with van der Waals surface area (Å²) in [6, 6.07) is 0. The van der Waals surface area contributed by atoms with Crippen molar-refractivity contribution in [2.45, 2.75) is 64.7 Å². The molecule has 0 aromatic carbocycles. The molecule has 0 bridgehead atoms. The van der Waals surface area contributed by atoms with Crippen molar-refractivity contribution < 1.29 is 9.31 Å². The molecule has 0 aromatic rings. The van der Waals surface area contributed by atoms with Gasteiger partial charge in [0.1, 0.15) is 0 Å². The van der Waals surface area contributed by atoms with Crippen LogP contribution in [0.25, 0.3) is 0 Å². The van der Waals surface area contributed by atoms with Gasteiger partial charge in [-0.2, -0.15) is 0 Å². The topological polar surface area (TPSA) is 21.7 Å². The van der Waals surface area contributed by atoms with Crippen LogP contribution in [0, 0.1) is 11.8 Å².